The highest BCUT2D eigenvalue weighted by Gasteiger charge is 2.23. The molecule has 2 aromatic rings. The number of carbonyl (C=O) groups is 2. The minimum Gasteiger partial charge on any atom is -0.345 e. The number of rotatable bonds is 3. The summed E-state index contributed by atoms with van der Waals surface area (Å²) in [6, 6.07) is 15.2. The Morgan fingerprint density at radius 1 is 1.09 bits per heavy atom. The fourth-order valence-electron chi connectivity index (χ4n) is 2.89. The Morgan fingerprint density at radius 2 is 1.91 bits per heavy atom. The van der Waals surface area contributed by atoms with Gasteiger partial charge in [-0.1, -0.05) is 30.3 Å². The zero-order valence-electron chi connectivity index (χ0n) is 12.4. The van der Waals surface area contributed by atoms with Gasteiger partial charge in [-0.25, -0.2) is 0 Å². The van der Waals surface area contributed by atoms with Gasteiger partial charge in [0.15, 0.2) is 0 Å². The molecule has 22 heavy (non-hydrogen) atoms. The number of carbonyl (C=O) groups excluding carboxylic acids is 2. The lowest BCUT2D eigenvalue weighted by molar-refractivity contribution is -0.114. The highest BCUT2D eigenvalue weighted by Crippen LogP contribution is 2.30. The smallest absolute Gasteiger partial charge is 0.251 e. The summed E-state index contributed by atoms with van der Waals surface area (Å²) in [5, 5.41) is 5.77. The normalized spacial score (nSPS) is 16.0. The summed E-state index contributed by atoms with van der Waals surface area (Å²) in [4.78, 5) is 23.5. The van der Waals surface area contributed by atoms with Crippen LogP contribution in [0.3, 0.4) is 0 Å². The minimum atomic E-state index is -0.151. The van der Waals surface area contributed by atoms with Crippen LogP contribution in [-0.4, -0.2) is 11.8 Å². The highest BCUT2D eigenvalue weighted by molar-refractivity contribution is 5.97. The third-order valence-corrected chi connectivity index (χ3v) is 3.88. The van der Waals surface area contributed by atoms with Gasteiger partial charge in [-0.2, -0.15) is 0 Å². The van der Waals surface area contributed by atoms with Crippen molar-refractivity contribution in [3.63, 3.8) is 0 Å². The molecular weight excluding hydrogens is 276 g/mol. The number of hydrogen-bond donors (Lipinski definition) is 2. The first-order chi connectivity index (χ1) is 10.6. The quantitative estimate of drug-likeness (QED) is 0.914. The summed E-state index contributed by atoms with van der Waals surface area (Å²) in [5.74, 6) is -0.267. The van der Waals surface area contributed by atoms with Crippen molar-refractivity contribution < 1.29 is 9.59 Å². The Morgan fingerprint density at radius 3 is 2.73 bits per heavy atom. The van der Waals surface area contributed by atoms with E-state index >= 15 is 0 Å². The molecule has 0 saturated carbocycles. The number of hydrogen-bond acceptors (Lipinski definition) is 2. The monoisotopic (exact) mass is 294 g/mol. The zero-order chi connectivity index (χ0) is 15.5. The standard InChI is InChI=1S/C18H18N2O2/c1-12(21)19-15-7-4-6-14(11-15)18(22)20-17-10-9-13-5-2-3-8-16(13)17/h2-8,11,17H,9-10H2,1H3,(H,19,21)(H,20,22). The molecule has 4 heteroatoms. The fourth-order valence-corrected chi connectivity index (χ4v) is 2.89. The molecule has 112 valence electrons. The third kappa shape index (κ3) is 3.01. The van der Waals surface area contributed by atoms with E-state index < -0.39 is 0 Å². The zero-order valence-corrected chi connectivity index (χ0v) is 12.4. The van der Waals surface area contributed by atoms with Crippen LogP contribution < -0.4 is 10.6 Å². The van der Waals surface area contributed by atoms with Gasteiger partial charge in [0.1, 0.15) is 0 Å². The first-order valence-corrected chi connectivity index (χ1v) is 7.40. The largest absolute Gasteiger partial charge is 0.345 e. The van der Waals surface area contributed by atoms with Gasteiger partial charge < -0.3 is 10.6 Å². The molecule has 0 saturated heterocycles. The van der Waals surface area contributed by atoms with Crippen LogP contribution in [0.5, 0.6) is 0 Å². The molecule has 1 aliphatic carbocycles. The molecule has 0 spiro atoms. The third-order valence-electron chi connectivity index (χ3n) is 3.88. The molecule has 2 amide bonds. The first kappa shape index (κ1) is 14.3. The fraction of sp³-hybridized carbons (Fsp3) is 0.222. The van der Waals surface area contributed by atoms with Gasteiger partial charge in [0.2, 0.25) is 5.91 Å². The first-order valence-electron chi connectivity index (χ1n) is 7.40. The van der Waals surface area contributed by atoms with Crippen molar-refractivity contribution in [1.82, 2.24) is 5.32 Å². The minimum absolute atomic E-state index is 0.0631. The Labute approximate surface area is 129 Å². The summed E-state index contributed by atoms with van der Waals surface area (Å²) < 4.78 is 0. The number of aryl methyl sites for hydroxylation is 1. The Bertz CT molecular complexity index is 725. The molecule has 3 rings (SSSR count). The Kier molecular flexibility index (Phi) is 3.92. The van der Waals surface area contributed by atoms with E-state index in [2.05, 4.69) is 22.8 Å². The summed E-state index contributed by atoms with van der Waals surface area (Å²) >= 11 is 0. The van der Waals surface area contributed by atoms with Crippen molar-refractivity contribution in [1.29, 1.82) is 0 Å². The molecule has 0 aromatic heterocycles. The summed E-state index contributed by atoms with van der Waals surface area (Å²) in [6.07, 6.45) is 1.92. The maximum atomic E-state index is 12.4. The van der Waals surface area contributed by atoms with Gasteiger partial charge in [0, 0.05) is 18.2 Å². The number of nitrogens with one attached hydrogen (secondary N) is 2. The average molecular weight is 294 g/mol. The van der Waals surface area contributed by atoms with Crippen LogP contribution >= 0.6 is 0 Å². The van der Waals surface area contributed by atoms with Gasteiger partial charge in [0.25, 0.3) is 5.91 Å². The molecule has 0 radical (unpaired) electrons. The number of anilines is 1. The molecule has 2 N–H and O–H groups in total. The van der Waals surface area contributed by atoms with Crippen LogP contribution in [0.1, 0.15) is 40.9 Å². The lowest BCUT2D eigenvalue weighted by Gasteiger charge is -2.14. The van der Waals surface area contributed by atoms with Crippen LogP contribution in [0.2, 0.25) is 0 Å². The van der Waals surface area contributed by atoms with Crippen molar-refractivity contribution in [2.24, 2.45) is 0 Å². The van der Waals surface area contributed by atoms with Crippen LogP contribution in [0.4, 0.5) is 5.69 Å². The molecule has 0 bridgehead atoms. The van der Waals surface area contributed by atoms with Gasteiger partial charge >= 0.3 is 0 Å². The number of fused-ring (bicyclic) bond motifs is 1. The van der Waals surface area contributed by atoms with Crippen molar-refractivity contribution in [2.75, 3.05) is 5.32 Å². The second-order valence-corrected chi connectivity index (χ2v) is 5.53. The maximum Gasteiger partial charge on any atom is 0.251 e. The number of amides is 2. The van der Waals surface area contributed by atoms with E-state index in [-0.39, 0.29) is 17.9 Å². The van der Waals surface area contributed by atoms with Gasteiger partial charge in [0.05, 0.1) is 6.04 Å². The highest BCUT2D eigenvalue weighted by atomic mass is 16.2. The molecule has 2 aromatic carbocycles. The van der Waals surface area contributed by atoms with Crippen molar-refractivity contribution in [3.05, 3.63) is 65.2 Å². The second-order valence-electron chi connectivity index (χ2n) is 5.53. The van der Waals surface area contributed by atoms with E-state index in [9.17, 15) is 9.59 Å². The summed E-state index contributed by atoms with van der Waals surface area (Å²) in [5.41, 5.74) is 3.69. The molecule has 0 aliphatic heterocycles. The van der Waals surface area contributed by atoms with Crippen molar-refractivity contribution >= 4 is 17.5 Å². The molecular formula is C18H18N2O2. The van der Waals surface area contributed by atoms with E-state index in [0.717, 1.165) is 12.8 Å². The van der Waals surface area contributed by atoms with Crippen molar-refractivity contribution in [3.8, 4) is 0 Å². The molecule has 1 atom stereocenters. The maximum absolute atomic E-state index is 12.4. The van der Waals surface area contributed by atoms with Crippen LogP contribution in [0, 0.1) is 0 Å². The predicted octanol–water partition coefficient (Wildman–Crippen LogP) is 3.06. The Hall–Kier alpha value is -2.62. The van der Waals surface area contributed by atoms with E-state index in [1.165, 1.54) is 18.1 Å². The van der Waals surface area contributed by atoms with Gasteiger partial charge in [-0.15, -0.1) is 0 Å². The van der Waals surface area contributed by atoms with Crippen LogP contribution in [-0.2, 0) is 11.2 Å². The van der Waals surface area contributed by atoms with E-state index in [4.69, 9.17) is 0 Å². The van der Waals surface area contributed by atoms with Crippen molar-refractivity contribution in [2.45, 2.75) is 25.8 Å². The average Bonchev–Trinajstić information content (AvgIpc) is 2.90. The molecule has 1 aliphatic rings. The Balaban J connectivity index is 1.74. The molecule has 1 unspecified atom stereocenters. The van der Waals surface area contributed by atoms with Crippen LogP contribution in [0.25, 0.3) is 0 Å². The molecule has 4 nitrogen and oxygen atoms in total. The summed E-state index contributed by atoms with van der Waals surface area (Å²) in [6.45, 7) is 1.45. The lowest BCUT2D eigenvalue weighted by atomic mass is 10.1. The molecule has 0 heterocycles. The van der Waals surface area contributed by atoms with Gasteiger partial charge in [-0.3, -0.25) is 9.59 Å². The SMILES string of the molecule is CC(=O)Nc1cccc(C(=O)NC2CCc3ccccc32)c1. The van der Waals surface area contributed by atoms with Gasteiger partial charge in [-0.05, 0) is 42.2 Å². The number of benzene rings is 2. The second kappa shape index (κ2) is 6.02. The summed E-state index contributed by atoms with van der Waals surface area (Å²) in [7, 11) is 0. The molecule has 0 fully saturated rings. The topological polar surface area (TPSA) is 58.2 Å². The van der Waals surface area contributed by atoms with E-state index in [0.29, 0.717) is 11.3 Å². The predicted molar refractivity (Wildman–Crippen MR) is 85.7 cm³/mol. The van der Waals surface area contributed by atoms with E-state index in [1.807, 2.05) is 12.1 Å². The van der Waals surface area contributed by atoms with Crippen LogP contribution in [0.15, 0.2) is 48.5 Å². The van der Waals surface area contributed by atoms with E-state index in [1.54, 1.807) is 24.3 Å². The lowest BCUT2D eigenvalue weighted by Crippen LogP contribution is -2.27.